The van der Waals surface area contributed by atoms with E-state index in [0.29, 0.717) is 11.6 Å². The van der Waals surface area contributed by atoms with Gasteiger partial charge in [0.25, 0.3) is 0 Å². The molecule has 1 heterocycles. The van der Waals surface area contributed by atoms with Crippen LogP contribution in [0.5, 0.6) is 11.6 Å². The summed E-state index contributed by atoms with van der Waals surface area (Å²) >= 11 is 0. The van der Waals surface area contributed by atoms with Crippen LogP contribution in [-0.2, 0) is 0 Å². The first-order valence-corrected chi connectivity index (χ1v) is 5.06. The Kier molecular flexibility index (Phi) is 3.18. The summed E-state index contributed by atoms with van der Waals surface area (Å²) in [5, 5.41) is 8.96. The Labute approximate surface area is 102 Å². The van der Waals surface area contributed by atoms with E-state index >= 15 is 0 Å². The number of ether oxygens (including phenoxy) is 1. The zero-order valence-corrected chi connectivity index (χ0v) is 9.42. The summed E-state index contributed by atoms with van der Waals surface area (Å²) in [7, 11) is 0. The maximum atomic E-state index is 12.7. The van der Waals surface area contributed by atoms with Gasteiger partial charge in [-0.3, -0.25) is 0 Å². The first-order chi connectivity index (χ1) is 8.56. The molecule has 0 amide bonds. The molecule has 92 valence electrons. The number of carboxylic acid groups (broad SMARTS) is 1. The molecule has 0 saturated carbocycles. The SMILES string of the molecule is Cc1ncc(C(=O)O)c(Oc2ccc(F)cc2)n1. The zero-order chi connectivity index (χ0) is 13.1. The van der Waals surface area contributed by atoms with Crippen LogP contribution >= 0.6 is 0 Å². The minimum absolute atomic E-state index is 0.0680. The third kappa shape index (κ3) is 2.60. The first kappa shape index (κ1) is 12.0. The standard InChI is InChI=1S/C12H9FN2O3/c1-7-14-6-10(12(16)17)11(15-7)18-9-4-2-8(13)3-5-9/h2-6H,1H3,(H,16,17). The number of nitrogens with zero attached hydrogens (tertiary/aromatic N) is 2. The number of carboxylic acids is 1. The molecule has 0 bridgehead atoms. The van der Waals surface area contributed by atoms with Gasteiger partial charge in [-0.25, -0.2) is 14.2 Å². The molecule has 0 unspecified atom stereocenters. The maximum absolute atomic E-state index is 12.7. The number of aryl methyl sites for hydroxylation is 1. The topological polar surface area (TPSA) is 72.3 Å². The van der Waals surface area contributed by atoms with Crippen LogP contribution in [0, 0.1) is 12.7 Å². The lowest BCUT2D eigenvalue weighted by Gasteiger charge is -2.07. The highest BCUT2D eigenvalue weighted by atomic mass is 19.1. The quantitative estimate of drug-likeness (QED) is 0.902. The van der Waals surface area contributed by atoms with E-state index in [-0.39, 0.29) is 11.4 Å². The molecule has 2 rings (SSSR count). The van der Waals surface area contributed by atoms with Crippen molar-refractivity contribution >= 4 is 5.97 Å². The number of halogens is 1. The van der Waals surface area contributed by atoms with Gasteiger partial charge in [0.2, 0.25) is 5.88 Å². The molecule has 1 N–H and O–H groups in total. The second kappa shape index (κ2) is 4.79. The van der Waals surface area contributed by atoms with Crippen LogP contribution in [0.2, 0.25) is 0 Å². The van der Waals surface area contributed by atoms with Crippen molar-refractivity contribution < 1.29 is 19.0 Å². The van der Waals surface area contributed by atoms with Crippen molar-refractivity contribution in [2.24, 2.45) is 0 Å². The predicted octanol–water partition coefficient (Wildman–Crippen LogP) is 2.41. The van der Waals surface area contributed by atoms with Crippen LogP contribution < -0.4 is 4.74 Å². The van der Waals surface area contributed by atoms with Crippen LogP contribution in [0.15, 0.2) is 30.5 Å². The van der Waals surface area contributed by atoms with E-state index in [1.54, 1.807) is 6.92 Å². The van der Waals surface area contributed by atoms with Gasteiger partial charge in [-0.05, 0) is 31.2 Å². The summed E-state index contributed by atoms with van der Waals surface area (Å²) < 4.78 is 18.0. The van der Waals surface area contributed by atoms with Gasteiger partial charge in [0, 0.05) is 6.20 Å². The minimum Gasteiger partial charge on any atom is -0.477 e. The van der Waals surface area contributed by atoms with Crippen molar-refractivity contribution in [3.63, 3.8) is 0 Å². The van der Waals surface area contributed by atoms with Gasteiger partial charge in [-0.15, -0.1) is 0 Å². The Morgan fingerprint density at radius 3 is 2.61 bits per heavy atom. The van der Waals surface area contributed by atoms with Gasteiger partial charge >= 0.3 is 5.97 Å². The van der Waals surface area contributed by atoms with Crippen LogP contribution in [0.4, 0.5) is 4.39 Å². The molecule has 2 aromatic rings. The molecule has 1 aromatic carbocycles. The molecule has 0 spiro atoms. The molecule has 18 heavy (non-hydrogen) atoms. The molecule has 0 aliphatic rings. The zero-order valence-electron chi connectivity index (χ0n) is 9.42. The van der Waals surface area contributed by atoms with Gasteiger partial charge in [0.15, 0.2) is 0 Å². The summed E-state index contributed by atoms with van der Waals surface area (Å²) in [5.41, 5.74) is -0.148. The van der Waals surface area contributed by atoms with Crippen LogP contribution in [0.1, 0.15) is 16.2 Å². The number of rotatable bonds is 3. The Balaban J connectivity index is 2.35. The van der Waals surface area contributed by atoms with E-state index in [2.05, 4.69) is 9.97 Å². The van der Waals surface area contributed by atoms with Crippen LogP contribution in [0.25, 0.3) is 0 Å². The number of carbonyl (C=O) groups is 1. The molecule has 6 heteroatoms. The molecular weight excluding hydrogens is 239 g/mol. The molecular formula is C12H9FN2O3. The van der Waals surface area contributed by atoms with E-state index in [0.717, 1.165) is 0 Å². The van der Waals surface area contributed by atoms with Crippen molar-refractivity contribution in [2.45, 2.75) is 6.92 Å². The molecule has 0 radical (unpaired) electrons. The summed E-state index contributed by atoms with van der Waals surface area (Å²) in [4.78, 5) is 18.6. The van der Waals surface area contributed by atoms with Crippen molar-refractivity contribution in [1.29, 1.82) is 0 Å². The Bertz CT molecular complexity index is 584. The molecule has 0 aliphatic heterocycles. The average Bonchev–Trinajstić information content (AvgIpc) is 2.32. The largest absolute Gasteiger partial charge is 0.477 e. The maximum Gasteiger partial charge on any atom is 0.342 e. The fraction of sp³-hybridized carbons (Fsp3) is 0.0833. The fourth-order valence-corrected chi connectivity index (χ4v) is 1.29. The van der Waals surface area contributed by atoms with Gasteiger partial charge in [0.05, 0.1) is 0 Å². The van der Waals surface area contributed by atoms with Crippen LogP contribution in [-0.4, -0.2) is 21.0 Å². The predicted molar refractivity (Wildman–Crippen MR) is 60.2 cm³/mol. The van der Waals surface area contributed by atoms with Gasteiger partial charge in [-0.2, -0.15) is 4.98 Å². The van der Waals surface area contributed by atoms with E-state index in [4.69, 9.17) is 9.84 Å². The smallest absolute Gasteiger partial charge is 0.342 e. The number of hydrogen-bond donors (Lipinski definition) is 1. The highest BCUT2D eigenvalue weighted by molar-refractivity contribution is 5.89. The number of hydrogen-bond acceptors (Lipinski definition) is 4. The Morgan fingerprint density at radius 1 is 1.33 bits per heavy atom. The Morgan fingerprint density at radius 2 is 2.00 bits per heavy atom. The molecule has 1 aromatic heterocycles. The number of benzene rings is 1. The molecule has 0 saturated heterocycles. The van der Waals surface area contributed by atoms with Crippen molar-refractivity contribution in [3.8, 4) is 11.6 Å². The van der Waals surface area contributed by atoms with Gasteiger partial charge < -0.3 is 9.84 Å². The lowest BCUT2D eigenvalue weighted by molar-refractivity contribution is 0.0692. The minimum atomic E-state index is -1.19. The lowest BCUT2D eigenvalue weighted by Crippen LogP contribution is -2.04. The number of aromatic nitrogens is 2. The van der Waals surface area contributed by atoms with E-state index < -0.39 is 11.8 Å². The Hall–Kier alpha value is -2.50. The van der Waals surface area contributed by atoms with E-state index in [1.807, 2.05) is 0 Å². The van der Waals surface area contributed by atoms with Gasteiger partial charge in [0.1, 0.15) is 23.0 Å². The summed E-state index contributed by atoms with van der Waals surface area (Å²) in [5.74, 6) is -0.970. The molecule has 0 atom stereocenters. The van der Waals surface area contributed by atoms with Crippen LogP contribution in [0.3, 0.4) is 0 Å². The first-order valence-electron chi connectivity index (χ1n) is 5.06. The summed E-state index contributed by atoms with van der Waals surface area (Å²) in [6.07, 6.45) is 1.17. The van der Waals surface area contributed by atoms with E-state index in [1.165, 1.54) is 30.5 Å². The van der Waals surface area contributed by atoms with Crippen molar-refractivity contribution in [1.82, 2.24) is 9.97 Å². The van der Waals surface area contributed by atoms with Gasteiger partial charge in [-0.1, -0.05) is 0 Å². The third-order valence-corrected chi connectivity index (χ3v) is 2.13. The molecule has 5 nitrogen and oxygen atoms in total. The average molecular weight is 248 g/mol. The summed E-state index contributed by atoms with van der Waals surface area (Å²) in [6, 6.07) is 5.20. The molecule has 0 aliphatic carbocycles. The number of aromatic carboxylic acids is 1. The fourth-order valence-electron chi connectivity index (χ4n) is 1.29. The van der Waals surface area contributed by atoms with Crippen molar-refractivity contribution in [3.05, 3.63) is 47.7 Å². The monoisotopic (exact) mass is 248 g/mol. The highest BCUT2D eigenvalue weighted by Gasteiger charge is 2.14. The lowest BCUT2D eigenvalue weighted by atomic mass is 10.3. The second-order valence-electron chi connectivity index (χ2n) is 3.50. The highest BCUT2D eigenvalue weighted by Crippen LogP contribution is 2.23. The normalized spacial score (nSPS) is 10.1. The van der Waals surface area contributed by atoms with E-state index in [9.17, 15) is 9.18 Å². The summed E-state index contributed by atoms with van der Waals surface area (Å²) in [6.45, 7) is 1.61. The second-order valence-corrected chi connectivity index (χ2v) is 3.50. The third-order valence-electron chi connectivity index (χ3n) is 2.13. The van der Waals surface area contributed by atoms with Crippen molar-refractivity contribution in [2.75, 3.05) is 0 Å². The molecule has 0 fully saturated rings.